The van der Waals surface area contributed by atoms with Gasteiger partial charge in [0.1, 0.15) is 0 Å². The van der Waals surface area contributed by atoms with E-state index in [-0.39, 0.29) is 11.8 Å². The molecule has 128 valence electrons. The van der Waals surface area contributed by atoms with Crippen LogP contribution in [-0.2, 0) is 4.79 Å². The third kappa shape index (κ3) is 5.19. The van der Waals surface area contributed by atoms with Crippen molar-refractivity contribution in [2.24, 2.45) is 0 Å². The van der Waals surface area contributed by atoms with E-state index in [0.29, 0.717) is 38.9 Å². The molecule has 0 unspecified atom stereocenters. The van der Waals surface area contributed by atoms with Gasteiger partial charge in [0.05, 0.1) is 5.75 Å². The van der Waals surface area contributed by atoms with E-state index in [1.165, 1.54) is 23.1 Å². The molecule has 0 spiro atoms. The molecule has 6 nitrogen and oxygen atoms in total. The summed E-state index contributed by atoms with van der Waals surface area (Å²) in [5.74, 6) is 0.0899. The number of nitrogens with one attached hydrogen (secondary N) is 1. The van der Waals surface area contributed by atoms with Crippen molar-refractivity contribution in [3.05, 3.63) is 34.9 Å². The van der Waals surface area contributed by atoms with Gasteiger partial charge in [0.2, 0.25) is 11.0 Å². The maximum absolute atomic E-state index is 12.1. The van der Waals surface area contributed by atoms with E-state index in [0.717, 1.165) is 0 Å². The van der Waals surface area contributed by atoms with Crippen LogP contribution >= 0.6 is 34.7 Å². The van der Waals surface area contributed by atoms with Gasteiger partial charge >= 0.3 is 0 Å². The number of carbonyl (C=O) groups is 2. The second-order valence-corrected chi connectivity index (χ2v) is 7.33. The Morgan fingerprint density at radius 1 is 1.21 bits per heavy atom. The molecule has 2 aromatic rings. The number of aromatic nitrogens is 2. The van der Waals surface area contributed by atoms with Crippen molar-refractivity contribution >= 4 is 51.6 Å². The molecule has 0 fully saturated rings. The van der Waals surface area contributed by atoms with Crippen molar-refractivity contribution in [1.29, 1.82) is 0 Å². The molecule has 0 atom stereocenters. The molecule has 0 saturated heterocycles. The van der Waals surface area contributed by atoms with Crippen LogP contribution in [0.3, 0.4) is 0 Å². The smallest absolute Gasteiger partial charge is 0.257 e. The molecule has 0 saturated carbocycles. The van der Waals surface area contributed by atoms with Gasteiger partial charge in [-0.15, -0.1) is 10.2 Å². The SMILES string of the molecule is CCN(CC)C(=O)CSc1nnc(NC(=O)c2ccc(Cl)cc2)s1. The molecule has 2 amide bonds. The zero-order valence-electron chi connectivity index (χ0n) is 13.3. The lowest BCUT2D eigenvalue weighted by molar-refractivity contribution is -0.127. The highest BCUT2D eigenvalue weighted by molar-refractivity contribution is 8.01. The van der Waals surface area contributed by atoms with Gasteiger partial charge in [-0.2, -0.15) is 0 Å². The van der Waals surface area contributed by atoms with E-state index in [1.54, 1.807) is 29.2 Å². The van der Waals surface area contributed by atoms with E-state index in [1.807, 2.05) is 13.8 Å². The molecule has 0 radical (unpaired) electrons. The number of hydrogen-bond acceptors (Lipinski definition) is 6. The highest BCUT2D eigenvalue weighted by Gasteiger charge is 2.14. The summed E-state index contributed by atoms with van der Waals surface area (Å²) in [6.45, 7) is 5.27. The number of amides is 2. The maximum atomic E-state index is 12.1. The van der Waals surface area contributed by atoms with Crippen molar-refractivity contribution in [3.8, 4) is 0 Å². The number of anilines is 1. The molecule has 0 aliphatic rings. The molecule has 1 aromatic heterocycles. The summed E-state index contributed by atoms with van der Waals surface area (Å²) in [5.41, 5.74) is 0.487. The van der Waals surface area contributed by atoms with Gasteiger partial charge in [-0.1, -0.05) is 34.7 Å². The molecular weight excluding hydrogens is 368 g/mol. The van der Waals surface area contributed by atoms with Gasteiger partial charge < -0.3 is 4.90 Å². The monoisotopic (exact) mass is 384 g/mol. The van der Waals surface area contributed by atoms with Gasteiger partial charge in [-0.05, 0) is 38.1 Å². The fourth-order valence-electron chi connectivity index (χ4n) is 1.88. The molecule has 24 heavy (non-hydrogen) atoms. The standard InChI is InChI=1S/C15H17ClN4O2S2/c1-3-20(4-2)12(21)9-23-15-19-18-14(24-15)17-13(22)10-5-7-11(16)8-6-10/h5-8H,3-4,9H2,1-2H3,(H,17,18,22). The maximum Gasteiger partial charge on any atom is 0.257 e. The van der Waals surface area contributed by atoms with Crippen LogP contribution in [0.5, 0.6) is 0 Å². The molecule has 0 bridgehead atoms. The summed E-state index contributed by atoms with van der Waals surface area (Å²) >= 11 is 8.36. The Labute approximate surface area is 153 Å². The van der Waals surface area contributed by atoms with Gasteiger partial charge in [-0.3, -0.25) is 14.9 Å². The van der Waals surface area contributed by atoms with Crippen LogP contribution < -0.4 is 5.32 Å². The van der Waals surface area contributed by atoms with E-state index in [9.17, 15) is 9.59 Å². The Morgan fingerprint density at radius 2 is 1.88 bits per heavy atom. The van der Waals surface area contributed by atoms with Crippen LogP contribution in [0.25, 0.3) is 0 Å². The third-order valence-corrected chi connectivity index (χ3v) is 5.38. The number of rotatable bonds is 7. The Balaban J connectivity index is 1.90. The summed E-state index contributed by atoms with van der Waals surface area (Å²) < 4.78 is 0.641. The van der Waals surface area contributed by atoms with Crippen molar-refractivity contribution in [3.63, 3.8) is 0 Å². The number of carbonyl (C=O) groups excluding carboxylic acids is 2. The summed E-state index contributed by atoms with van der Waals surface area (Å²) in [4.78, 5) is 25.8. The topological polar surface area (TPSA) is 75.2 Å². The molecule has 9 heteroatoms. The number of hydrogen-bond donors (Lipinski definition) is 1. The van der Waals surface area contributed by atoms with Gasteiger partial charge in [0.15, 0.2) is 4.34 Å². The second-order valence-electron chi connectivity index (χ2n) is 4.69. The predicted octanol–water partition coefficient (Wildman–Crippen LogP) is 3.40. The number of thioether (sulfide) groups is 1. The van der Waals surface area contributed by atoms with Crippen LogP contribution in [-0.4, -0.2) is 45.8 Å². The summed E-state index contributed by atoms with van der Waals surface area (Å²) in [6, 6.07) is 6.57. The average molecular weight is 385 g/mol. The first-order chi connectivity index (χ1) is 11.5. The molecule has 1 heterocycles. The first-order valence-corrected chi connectivity index (χ1v) is 9.52. The normalized spacial score (nSPS) is 10.5. The Hall–Kier alpha value is -1.64. The van der Waals surface area contributed by atoms with E-state index in [2.05, 4.69) is 15.5 Å². The Kier molecular flexibility index (Phi) is 7.01. The molecule has 1 aromatic carbocycles. The number of benzene rings is 1. The fourth-order valence-corrected chi connectivity index (χ4v) is 3.66. The third-order valence-electron chi connectivity index (χ3n) is 3.17. The summed E-state index contributed by atoms with van der Waals surface area (Å²) in [7, 11) is 0. The van der Waals surface area contributed by atoms with Crippen LogP contribution in [0.2, 0.25) is 5.02 Å². The van der Waals surface area contributed by atoms with Crippen LogP contribution in [0.15, 0.2) is 28.6 Å². The number of halogens is 1. The molecular formula is C15H17ClN4O2S2. The van der Waals surface area contributed by atoms with E-state index < -0.39 is 0 Å². The van der Waals surface area contributed by atoms with Gasteiger partial charge in [0, 0.05) is 23.7 Å². The highest BCUT2D eigenvalue weighted by atomic mass is 35.5. The lowest BCUT2D eigenvalue weighted by Crippen LogP contribution is -2.31. The average Bonchev–Trinajstić information content (AvgIpc) is 3.02. The first-order valence-electron chi connectivity index (χ1n) is 7.34. The lowest BCUT2D eigenvalue weighted by Gasteiger charge is -2.17. The van der Waals surface area contributed by atoms with E-state index in [4.69, 9.17) is 11.6 Å². The molecule has 1 N–H and O–H groups in total. The van der Waals surface area contributed by atoms with Crippen molar-refractivity contribution in [2.75, 3.05) is 24.2 Å². The predicted molar refractivity (Wildman–Crippen MR) is 98.0 cm³/mol. The highest BCUT2D eigenvalue weighted by Crippen LogP contribution is 2.26. The largest absolute Gasteiger partial charge is 0.343 e. The quantitative estimate of drug-likeness (QED) is 0.584. The fraction of sp³-hybridized carbons (Fsp3) is 0.333. The first kappa shape index (κ1) is 18.7. The second kappa shape index (κ2) is 9.00. The van der Waals surface area contributed by atoms with Crippen molar-refractivity contribution in [1.82, 2.24) is 15.1 Å². The minimum Gasteiger partial charge on any atom is -0.343 e. The lowest BCUT2D eigenvalue weighted by atomic mass is 10.2. The van der Waals surface area contributed by atoms with Crippen LogP contribution in [0.4, 0.5) is 5.13 Å². The van der Waals surface area contributed by atoms with Gasteiger partial charge in [-0.25, -0.2) is 0 Å². The Morgan fingerprint density at radius 3 is 2.50 bits per heavy atom. The minimum absolute atomic E-state index is 0.0620. The zero-order chi connectivity index (χ0) is 17.5. The minimum atomic E-state index is -0.279. The molecule has 0 aliphatic carbocycles. The zero-order valence-corrected chi connectivity index (χ0v) is 15.7. The van der Waals surface area contributed by atoms with Gasteiger partial charge in [0.25, 0.3) is 5.91 Å². The summed E-state index contributed by atoms with van der Waals surface area (Å²) in [5, 5.41) is 11.6. The number of nitrogens with zero attached hydrogens (tertiary/aromatic N) is 3. The van der Waals surface area contributed by atoms with Crippen molar-refractivity contribution < 1.29 is 9.59 Å². The van der Waals surface area contributed by atoms with Crippen LogP contribution in [0, 0.1) is 0 Å². The van der Waals surface area contributed by atoms with Crippen LogP contribution in [0.1, 0.15) is 24.2 Å². The van der Waals surface area contributed by atoms with E-state index >= 15 is 0 Å². The van der Waals surface area contributed by atoms with Crippen molar-refractivity contribution in [2.45, 2.75) is 18.2 Å². The molecule has 0 aliphatic heterocycles. The molecule has 2 rings (SSSR count). The Bertz CT molecular complexity index is 702. The summed E-state index contributed by atoms with van der Waals surface area (Å²) in [6.07, 6.45) is 0.